The number of nitrogens with one attached hydrogen (secondary N) is 2. The van der Waals surface area contributed by atoms with Gasteiger partial charge < -0.3 is 15.5 Å². The molecule has 1 fully saturated rings. The third kappa shape index (κ3) is 7.03. The maximum Gasteiger partial charge on any atom is 0.222 e. The molecule has 0 bridgehead atoms. The molecule has 1 heterocycles. The van der Waals surface area contributed by atoms with Gasteiger partial charge in [0.2, 0.25) is 5.91 Å². The van der Waals surface area contributed by atoms with Gasteiger partial charge in [0.1, 0.15) is 0 Å². The lowest BCUT2D eigenvalue weighted by molar-refractivity contribution is -0.128. The third-order valence-electron chi connectivity index (χ3n) is 4.94. The summed E-state index contributed by atoms with van der Waals surface area (Å²) in [5, 5.41) is 6.75. The first kappa shape index (κ1) is 23.2. The lowest BCUT2D eigenvalue weighted by atomic mass is 10.1. The molecule has 2 N–H and O–H groups in total. The largest absolute Gasteiger partial charge is 0.357 e. The summed E-state index contributed by atoms with van der Waals surface area (Å²) < 4.78 is 0. The molecule has 0 spiro atoms. The van der Waals surface area contributed by atoms with Crippen LogP contribution in [0.15, 0.2) is 53.5 Å². The van der Waals surface area contributed by atoms with Gasteiger partial charge in [-0.1, -0.05) is 54.1 Å². The highest BCUT2D eigenvalue weighted by Gasteiger charge is 2.20. The van der Waals surface area contributed by atoms with Crippen molar-refractivity contribution in [2.45, 2.75) is 46.3 Å². The Kier molecular flexibility index (Phi) is 9.44. The zero-order chi connectivity index (χ0) is 19.8. The van der Waals surface area contributed by atoms with E-state index in [1.165, 1.54) is 22.3 Å². The van der Waals surface area contributed by atoms with Crippen molar-refractivity contribution >= 4 is 35.8 Å². The molecule has 0 unspecified atom stereocenters. The molecule has 0 aromatic heterocycles. The quantitative estimate of drug-likeness (QED) is 0.339. The number of halogens is 1. The minimum absolute atomic E-state index is 0. The first-order valence-corrected chi connectivity index (χ1v) is 10.1. The van der Waals surface area contributed by atoms with E-state index in [2.05, 4.69) is 60.9 Å². The van der Waals surface area contributed by atoms with Crippen LogP contribution in [-0.2, 0) is 24.4 Å². The number of hydrogen-bond acceptors (Lipinski definition) is 2. The van der Waals surface area contributed by atoms with E-state index in [4.69, 9.17) is 4.99 Å². The van der Waals surface area contributed by atoms with E-state index in [1.54, 1.807) is 0 Å². The van der Waals surface area contributed by atoms with Crippen LogP contribution < -0.4 is 10.6 Å². The molecule has 1 aliphatic rings. The monoisotopic (exact) mass is 506 g/mol. The van der Waals surface area contributed by atoms with Crippen LogP contribution in [0.1, 0.15) is 42.0 Å². The van der Waals surface area contributed by atoms with Crippen LogP contribution in [-0.4, -0.2) is 29.9 Å². The molecule has 3 rings (SSSR count). The van der Waals surface area contributed by atoms with Gasteiger partial charge in [-0.3, -0.25) is 4.79 Å². The molecule has 5 nitrogen and oxygen atoms in total. The Bertz CT molecular complexity index is 837. The molecule has 0 radical (unpaired) electrons. The predicted octanol–water partition coefficient (Wildman–Crippen LogP) is 3.99. The van der Waals surface area contributed by atoms with E-state index in [9.17, 15) is 4.79 Å². The van der Waals surface area contributed by atoms with Crippen molar-refractivity contribution in [1.82, 2.24) is 15.5 Å². The van der Waals surface area contributed by atoms with Crippen molar-refractivity contribution in [3.05, 3.63) is 70.8 Å². The number of likely N-dealkylation sites (tertiary alicyclic amines) is 1. The zero-order valence-electron chi connectivity index (χ0n) is 17.3. The highest BCUT2D eigenvalue weighted by Crippen LogP contribution is 2.17. The minimum Gasteiger partial charge on any atom is -0.357 e. The van der Waals surface area contributed by atoms with E-state index >= 15 is 0 Å². The molecule has 1 saturated heterocycles. The standard InChI is InChI=1S/C23H30N4O.HI/c1-3-24-23(25-15-19-9-6-8-18(2)14-19)26-16-20-10-4-5-11-21(20)17-27-13-7-12-22(27)28;/h4-6,8-11,14H,3,7,12-13,15-17H2,1-2H3,(H2,24,25,26);1H. The second-order valence-electron chi connectivity index (χ2n) is 7.23. The maximum absolute atomic E-state index is 12.0. The summed E-state index contributed by atoms with van der Waals surface area (Å²) in [4.78, 5) is 18.6. The van der Waals surface area contributed by atoms with Gasteiger partial charge in [-0.05, 0) is 37.0 Å². The van der Waals surface area contributed by atoms with Gasteiger partial charge in [0.05, 0.1) is 6.54 Å². The van der Waals surface area contributed by atoms with E-state index in [0.717, 1.165) is 25.5 Å². The molecule has 6 heteroatoms. The van der Waals surface area contributed by atoms with E-state index in [0.29, 0.717) is 26.1 Å². The smallest absolute Gasteiger partial charge is 0.222 e. The van der Waals surface area contributed by atoms with Crippen molar-refractivity contribution in [3.63, 3.8) is 0 Å². The zero-order valence-corrected chi connectivity index (χ0v) is 19.6. The topological polar surface area (TPSA) is 56.7 Å². The van der Waals surface area contributed by atoms with Crippen molar-refractivity contribution in [3.8, 4) is 0 Å². The van der Waals surface area contributed by atoms with Gasteiger partial charge in [0.15, 0.2) is 5.96 Å². The molecular formula is C23H31IN4O. The first-order chi connectivity index (χ1) is 13.7. The van der Waals surface area contributed by atoms with Crippen LogP contribution in [0.25, 0.3) is 0 Å². The number of aryl methyl sites for hydroxylation is 1. The summed E-state index contributed by atoms with van der Waals surface area (Å²) in [7, 11) is 0. The van der Waals surface area contributed by atoms with Crippen LogP contribution in [0, 0.1) is 6.92 Å². The second kappa shape index (κ2) is 11.8. The summed E-state index contributed by atoms with van der Waals surface area (Å²) in [6, 6.07) is 16.7. The summed E-state index contributed by atoms with van der Waals surface area (Å²) in [5.41, 5.74) is 4.84. The van der Waals surface area contributed by atoms with Crippen LogP contribution in [0.5, 0.6) is 0 Å². The van der Waals surface area contributed by atoms with Crippen molar-refractivity contribution in [2.75, 3.05) is 13.1 Å². The summed E-state index contributed by atoms with van der Waals surface area (Å²) >= 11 is 0. The van der Waals surface area contributed by atoms with E-state index in [1.807, 2.05) is 17.0 Å². The molecule has 0 aliphatic carbocycles. The van der Waals surface area contributed by atoms with Crippen molar-refractivity contribution < 1.29 is 4.79 Å². The molecule has 0 atom stereocenters. The van der Waals surface area contributed by atoms with Crippen LogP contribution in [0.4, 0.5) is 0 Å². The van der Waals surface area contributed by atoms with Gasteiger partial charge >= 0.3 is 0 Å². The SMILES string of the molecule is CCNC(=NCc1cccc(C)c1)NCc1ccccc1CN1CCCC1=O.I. The molecule has 156 valence electrons. The van der Waals surface area contributed by atoms with Crippen molar-refractivity contribution in [1.29, 1.82) is 0 Å². The lowest BCUT2D eigenvalue weighted by Crippen LogP contribution is -2.37. The number of guanidine groups is 1. The molecule has 0 saturated carbocycles. The van der Waals surface area contributed by atoms with Gasteiger partial charge in [-0.2, -0.15) is 0 Å². The summed E-state index contributed by atoms with van der Waals surface area (Å²) in [6.07, 6.45) is 1.64. The Morgan fingerprint density at radius 1 is 1.10 bits per heavy atom. The number of carbonyl (C=O) groups is 1. The fraction of sp³-hybridized carbons (Fsp3) is 0.391. The summed E-state index contributed by atoms with van der Waals surface area (Å²) in [5.74, 6) is 1.06. The molecule has 2 aromatic carbocycles. The Morgan fingerprint density at radius 3 is 2.59 bits per heavy atom. The number of amides is 1. The third-order valence-corrected chi connectivity index (χ3v) is 4.94. The maximum atomic E-state index is 12.0. The minimum atomic E-state index is 0. The Balaban J connectivity index is 0.00000300. The van der Waals surface area contributed by atoms with Crippen LogP contribution in [0.2, 0.25) is 0 Å². The van der Waals surface area contributed by atoms with Gasteiger partial charge in [0, 0.05) is 32.6 Å². The average molecular weight is 506 g/mol. The highest BCUT2D eigenvalue weighted by atomic mass is 127. The van der Waals surface area contributed by atoms with Crippen LogP contribution >= 0.6 is 24.0 Å². The number of carbonyl (C=O) groups excluding carboxylic acids is 1. The number of nitrogens with zero attached hydrogens (tertiary/aromatic N) is 2. The van der Waals surface area contributed by atoms with Gasteiger partial charge in [0.25, 0.3) is 0 Å². The summed E-state index contributed by atoms with van der Waals surface area (Å²) in [6.45, 7) is 7.84. The van der Waals surface area contributed by atoms with Gasteiger partial charge in [-0.25, -0.2) is 4.99 Å². The predicted molar refractivity (Wildman–Crippen MR) is 129 cm³/mol. The first-order valence-electron chi connectivity index (χ1n) is 10.1. The van der Waals surface area contributed by atoms with Crippen LogP contribution in [0.3, 0.4) is 0 Å². The fourth-order valence-corrected chi connectivity index (χ4v) is 3.46. The van der Waals surface area contributed by atoms with E-state index in [-0.39, 0.29) is 29.9 Å². The number of aliphatic imine (C=N–C) groups is 1. The molecule has 29 heavy (non-hydrogen) atoms. The van der Waals surface area contributed by atoms with Gasteiger partial charge in [-0.15, -0.1) is 24.0 Å². The van der Waals surface area contributed by atoms with E-state index < -0.39 is 0 Å². The van der Waals surface area contributed by atoms with Crippen molar-refractivity contribution in [2.24, 2.45) is 4.99 Å². The lowest BCUT2D eigenvalue weighted by Gasteiger charge is -2.19. The number of benzene rings is 2. The fourth-order valence-electron chi connectivity index (χ4n) is 3.46. The molecular weight excluding hydrogens is 475 g/mol. The average Bonchev–Trinajstić information content (AvgIpc) is 3.10. The number of rotatable bonds is 7. The number of hydrogen-bond donors (Lipinski definition) is 2. The normalized spacial score (nSPS) is 13.9. The molecule has 2 aromatic rings. The Labute approximate surface area is 191 Å². The highest BCUT2D eigenvalue weighted by molar-refractivity contribution is 14.0. The Morgan fingerprint density at radius 2 is 1.90 bits per heavy atom. The molecule has 1 amide bonds. The Hall–Kier alpha value is -2.09. The second-order valence-corrected chi connectivity index (χ2v) is 7.23. The molecule has 1 aliphatic heterocycles.